The van der Waals surface area contributed by atoms with Crippen molar-refractivity contribution in [3.63, 3.8) is 0 Å². The monoisotopic (exact) mass is 304 g/mol. The van der Waals surface area contributed by atoms with E-state index in [0.29, 0.717) is 0 Å². The van der Waals surface area contributed by atoms with Crippen molar-refractivity contribution in [3.05, 3.63) is 29.6 Å². The summed E-state index contributed by atoms with van der Waals surface area (Å²) in [6.07, 6.45) is -3.81. The number of carbonyl (C=O) groups is 1. The van der Waals surface area contributed by atoms with E-state index in [9.17, 15) is 23.8 Å². The molecule has 0 saturated carbocycles. The van der Waals surface area contributed by atoms with Crippen molar-refractivity contribution < 1.29 is 28.5 Å². The quantitative estimate of drug-likeness (QED) is 0.729. The van der Waals surface area contributed by atoms with Crippen LogP contribution in [0.1, 0.15) is 32.4 Å². The second-order valence-electron chi connectivity index (χ2n) is 5.44. The summed E-state index contributed by atoms with van der Waals surface area (Å²) in [5, 5.41) is 21.7. The van der Waals surface area contributed by atoms with E-state index in [2.05, 4.69) is 10.3 Å². The molecule has 1 amide bonds. The normalized spacial score (nSPS) is 14.4. The van der Waals surface area contributed by atoms with E-state index in [1.807, 2.05) is 0 Å². The molecule has 1 rings (SSSR count). The van der Waals surface area contributed by atoms with Gasteiger partial charge in [-0.15, -0.1) is 0 Å². The van der Waals surface area contributed by atoms with Gasteiger partial charge >= 0.3 is 6.09 Å². The molecule has 2 unspecified atom stereocenters. The maximum Gasteiger partial charge on any atom is 0.407 e. The Morgan fingerprint density at radius 2 is 1.86 bits per heavy atom. The highest BCUT2D eigenvalue weighted by Gasteiger charge is 2.22. The molecule has 8 heteroatoms. The van der Waals surface area contributed by atoms with Gasteiger partial charge in [-0.2, -0.15) is 13.8 Å². The lowest BCUT2D eigenvalue weighted by Gasteiger charge is -2.22. The first-order valence-electron chi connectivity index (χ1n) is 6.24. The van der Waals surface area contributed by atoms with Gasteiger partial charge in [-0.25, -0.2) is 4.79 Å². The standard InChI is InChI=1S/C13H18F2N2O4/c1-13(2,3)21-12(20)16-6-8(18)11(19)7-4-9(14)17-10(15)5-7/h4-5,8,11,18-19H,6H2,1-3H3,(H,16,20). The zero-order valence-electron chi connectivity index (χ0n) is 11.9. The molecule has 0 fully saturated rings. The van der Waals surface area contributed by atoms with E-state index in [-0.39, 0.29) is 12.1 Å². The van der Waals surface area contributed by atoms with Crippen LogP contribution in [0, 0.1) is 11.9 Å². The third kappa shape index (κ3) is 6.01. The number of halogens is 2. The lowest BCUT2D eigenvalue weighted by Crippen LogP contribution is -2.38. The van der Waals surface area contributed by atoms with Crippen LogP contribution in [-0.2, 0) is 4.74 Å². The molecule has 0 aromatic carbocycles. The van der Waals surface area contributed by atoms with Crippen LogP contribution in [0.2, 0.25) is 0 Å². The van der Waals surface area contributed by atoms with E-state index < -0.39 is 35.8 Å². The molecule has 0 aliphatic heterocycles. The van der Waals surface area contributed by atoms with Crippen molar-refractivity contribution in [1.82, 2.24) is 10.3 Å². The summed E-state index contributed by atoms with van der Waals surface area (Å²) < 4.78 is 30.8. The van der Waals surface area contributed by atoms with Gasteiger partial charge in [-0.3, -0.25) is 0 Å². The lowest BCUT2D eigenvalue weighted by molar-refractivity contribution is 0.0125. The van der Waals surface area contributed by atoms with E-state index in [4.69, 9.17) is 4.74 Å². The number of alkyl carbamates (subject to hydrolysis) is 1. The number of amides is 1. The summed E-state index contributed by atoms with van der Waals surface area (Å²) in [6, 6.07) is 1.59. The minimum atomic E-state index is -1.58. The minimum Gasteiger partial charge on any atom is -0.444 e. The fourth-order valence-corrected chi connectivity index (χ4v) is 1.49. The number of aromatic nitrogens is 1. The highest BCUT2D eigenvalue weighted by atomic mass is 19.1. The van der Waals surface area contributed by atoms with Crippen LogP contribution in [0.4, 0.5) is 13.6 Å². The minimum absolute atomic E-state index is 0.182. The predicted octanol–water partition coefficient (Wildman–Crippen LogP) is 1.28. The highest BCUT2D eigenvalue weighted by Crippen LogP contribution is 2.18. The Balaban J connectivity index is 2.58. The number of carbonyl (C=O) groups excluding carboxylic acids is 1. The zero-order chi connectivity index (χ0) is 16.2. The van der Waals surface area contributed by atoms with Crippen LogP contribution < -0.4 is 5.32 Å². The average Bonchev–Trinajstić information content (AvgIpc) is 2.31. The van der Waals surface area contributed by atoms with Gasteiger partial charge in [0.2, 0.25) is 11.9 Å². The number of nitrogens with one attached hydrogen (secondary N) is 1. The Hall–Kier alpha value is -1.80. The van der Waals surface area contributed by atoms with E-state index >= 15 is 0 Å². The third-order valence-electron chi connectivity index (χ3n) is 2.35. The Bertz CT molecular complexity index is 485. The van der Waals surface area contributed by atoms with Gasteiger partial charge in [0.15, 0.2) is 0 Å². The van der Waals surface area contributed by atoms with Gasteiger partial charge in [0.05, 0.1) is 0 Å². The number of hydrogen-bond donors (Lipinski definition) is 3. The number of pyridine rings is 1. The molecule has 0 bridgehead atoms. The van der Waals surface area contributed by atoms with Gasteiger partial charge in [0, 0.05) is 6.54 Å². The maximum absolute atomic E-state index is 12.9. The molecule has 1 aromatic heterocycles. The van der Waals surface area contributed by atoms with Gasteiger partial charge in [0.1, 0.15) is 17.8 Å². The van der Waals surface area contributed by atoms with Crippen molar-refractivity contribution in [3.8, 4) is 0 Å². The van der Waals surface area contributed by atoms with Crippen molar-refractivity contribution in [2.24, 2.45) is 0 Å². The summed E-state index contributed by atoms with van der Waals surface area (Å²) in [6.45, 7) is 4.66. The molecular weight excluding hydrogens is 286 g/mol. The number of nitrogens with zero attached hydrogens (tertiary/aromatic N) is 1. The van der Waals surface area contributed by atoms with E-state index in [1.54, 1.807) is 20.8 Å². The second-order valence-corrected chi connectivity index (χ2v) is 5.44. The Labute approximate surface area is 120 Å². The average molecular weight is 304 g/mol. The van der Waals surface area contributed by atoms with Crippen LogP contribution >= 0.6 is 0 Å². The summed E-state index contributed by atoms with van der Waals surface area (Å²) in [4.78, 5) is 14.2. The summed E-state index contributed by atoms with van der Waals surface area (Å²) >= 11 is 0. The number of ether oxygens (including phenoxy) is 1. The summed E-state index contributed by atoms with van der Waals surface area (Å²) in [5.74, 6) is -2.23. The van der Waals surface area contributed by atoms with Crippen LogP contribution in [0.25, 0.3) is 0 Å². The van der Waals surface area contributed by atoms with Gasteiger partial charge < -0.3 is 20.3 Å². The molecule has 2 atom stereocenters. The number of aliphatic hydroxyl groups is 2. The molecule has 0 aliphatic carbocycles. The maximum atomic E-state index is 12.9. The van der Waals surface area contributed by atoms with Crippen LogP contribution in [0.5, 0.6) is 0 Å². The summed E-state index contributed by atoms with van der Waals surface area (Å²) in [5.41, 5.74) is -0.885. The smallest absolute Gasteiger partial charge is 0.407 e. The molecule has 0 aliphatic rings. The van der Waals surface area contributed by atoms with Crippen LogP contribution in [0.3, 0.4) is 0 Å². The Morgan fingerprint density at radius 1 is 1.33 bits per heavy atom. The third-order valence-corrected chi connectivity index (χ3v) is 2.35. The second kappa shape index (κ2) is 6.77. The molecule has 21 heavy (non-hydrogen) atoms. The number of hydrogen-bond acceptors (Lipinski definition) is 5. The molecule has 0 spiro atoms. The molecule has 1 aromatic rings. The van der Waals surface area contributed by atoms with Gasteiger partial charge in [-0.1, -0.05) is 0 Å². The molecule has 6 nitrogen and oxygen atoms in total. The van der Waals surface area contributed by atoms with E-state index in [1.165, 1.54) is 0 Å². The number of aliphatic hydroxyl groups excluding tert-OH is 2. The first kappa shape index (κ1) is 17.3. The van der Waals surface area contributed by atoms with Crippen molar-refractivity contribution in [2.75, 3.05) is 6.54 Å². The Kier molecular flexibility index (Phi) is 5.56. The van der Waals surface area contributed by atoms with Gasteiger partial charge in [0.25, 0.3) is 0 Å². The zero-order valence-corrected chi connectivity index (χ0v) is 11.9. The fraction of sp³-hybridized carbons (Fsp3) is 0.538. The topological polar surface area (TPSA) is 91.7 Å². The molecule has 118 valence electrons. The first-order valence-corrected chi connectivity index (χ1v) is 6.24. The molecule has 3 N–H and O–H groups in total. The Morgan fingerprint density at radius 3 is 2.33 bits per heavy atom. The highest BCUT2D eigenvalue weighted by molar-refractivity contribution is 5.67. The van der Waals surface area contributed by atoms with Crippen molar-refractivity contribution in [2.45, 2.75) is 38.6 Å². The lowest BCUT2D eigenvalue weighted by atomic mass is 10.1. The molecule has 0 saturated heterocycles. The fourth-order valence-electron chi connectivity index (χ4n) is 1.49. The van der Waals surface area contributed by atoms with Gasteiger partial charge in [-0.05, 0) is 38.5 Å². The molecule has 1 heterocycles. The van der Waals surface area contributed by atoms with Crippen LogP contribution in [0.15, 0.2) is 12.1 Å². The van der Waals surface area contributed by atoms with Crippen LogP contribution in [-0.4, -0.2) is 39.5 Å². The summed E-state index contributed by atoms with van der Waals surface area (Å²) in [7, 11) is 0. The number of rotatable bonds is 4. The first-order chi connectivity index (χ1) is 9.58. The molecule has 0 radical (unpaired) electrons. The van der Waals surface area contributed by atoms with Crippen molar-refractivity contribution >= 4 is 6.09 Å². The molecular formula is C13H18F2N2O4. The largest absolute Gasteiger partial charge is 0.444 e. The van der Waals surface area contributed by atoms with Crippen molar-refractivity contribution in [1.29, 1.82) is 0 Å². The van der Waals surface area contributed by atoms with E-state index in [0.717, 1.165) is 12.1 Å². The predicted molar refractivity (Wildman–Crippen MR) is 69.4 cm³/mol. The SMILES string of the molecule is CC(C)(C)OC(=O)NCC(O)C(O)c1cc(F)nc(F)c1.